The number of halogens is 4. The van der Waals surface area contributed by atoms with Gasteiger partial charge in [-0.05, 0) is 17.7 Å². The summed E-state index contributed by atoms with van der Waals surface area (Å²) in [5.41, 5.74) is -1.19. The predicted molar refractivity (Wildman–Crippen MR) is 45.9 cm³/mol. The molecule has 0 aliphatic rings. The number of carbonyl (C=O) groups excluding carboxylic acids is 1. The molecule has 0 amide bonds. The zero-order chi connectivity index (χ0) is 11.6. The first-order valence-corrected chi connectivity index (χ1v) is 4.18. The fourth-order valence-corrected chi connectivity index (χ4v) is 1.12. The fourth-order valence-electron chi connectivity index (χ4n) is 1.12. The molecule has 0 saturated carbocycles. The Morgan fingerprint density at radius 1 is 1.33 bits per heavy atom. The molecule has 1 rings (SSSR count). The van der Waals surface area contributed by atoms with E-state index < -0.39 is 23.5 Å². The van der Waals surface area contributed by atoms with Crippen LogP contribution in [0.1, 0.15) is 24.0 Å². The van der Waals surface area contributed by atoms with Gasteiger partial charge in [-0.2, -0.15) is 13.2 Å². The SMILES string of the molecule is CC(C=O)c1ccc(F)c(C(F)(F)F)c1. The van der Waals surface area contributed by atoms with Crippen LogP contribution in [-0.4, -0.2) is 6.29 Å². The Hall–Kier alpha value is -1.39. The Kier molecular flexibility index (Phi) is 3.12. The first-order valence-electron chi connectivity index (χ1n) is 4.18. The second kappa shape index (κ2) is 4.00. The van der Waals surface area contributed by atoms with Crippen LogP contribution >= 0.6 is 0 Å². The van der Waals surface area contributed by atoms with Gasteiger partial charge in [0.1, 0.15) is 12.1 Å². The molecule has 0 fully saturated rings. The topological polar surface area (TPSA) is 17.1 Å². The van der Waals surface area contributed by atoms with E-state index in [1.54, 1.807) is 0 Å². The van der Waals surface area contributed by atoms with Crippen LogP contribution in [0.25, 0.3) is 0 Å². The van der Waals surface area contributed by atoms with Gasteiger partial charge in [-0.1, -0.05) is 13.0 Å². The van der Waals surface area contributed by atoms with Gasteiger partial charge in [-0.15, -0.1) is 0 Å². The summed E-state index contributed by atoms with van der Waals surface area (Å²) >= 11 is 0. The lowest BCUT2D eigenvalue weighted by Crippen LogP contribution is -2.09. The van der Waals surface area contributed by atoms with E-state index in [1.165, 1.54) is 13.0 Å². The van der Waals surface area contributed by atoms with E-state index in [1.807, 2.05) is 0 Å². The lowest BCUT2D eigenvalue weighted by molar-refractivity contribution is -0.140. The van der Waals surface area contributed by atoms with Gasteiger partial charge in [0.05, 0.1) is 5.56 Å². The summed E-state index contributed by atoms with van der Waals surface area (Å²) < 4.78 is 49.6. The highest BCUT2D eigenvalue weighted by Crippen LogP contribution is 2.32. The molecule has 0 aliphatic heterocycles. The Labute approximate surface area is 83.7 Å². The van der Waals surface area contributed by atoms with Gasteiger partial charge >= 0.3 is 6.18 Å². The number of aldehydes is 1. The molecule has 1 nitrogen and oxygen atoms in total. The second-order valence-corrected chi connectivity index (χ2v) is 3.16. The van der Waals surface area contributed by atoms with Gasteiger partial charge in [-0.25, -0.2) is 4.39 Å². The number of alkyl halides is 3. The zero-order valence-corrected chi connectivity index (χ0v) is 7.81. The van der Waals surface area contributed by atoms with Crippen molar-refractivity contribution < 1.29 is 22.4 Å². The average Bonchev–Trinajstić information content (AvgIpc) is 2.15. The molecular weight excluding hydrogens is 212 g/mol. The molecule has 0 saturated heterocycles. The molecule has 1 aromatic carbocycles. The van der Waals surface area contributed by atoms with E-state index >= 15 is 0 Å². The summed E-state index contributed by atoms with van der Waals surface area (Å²) in [6.45, 7) is 1.44. The van der Waals surface area contributed by atoms with Crippen molar-refractivity contribution in [2.75, 3.05) is 0 Å². The minimum Gasteiger partial charge on any atom is -0.303 e. The number of benzene rings is 1. The Balaban J connectivity index is 3.22. The summed E-state index contributed by atoms with van der Waals surface area (Å²) in [6, 6.07) is 2.55. The molecule has 0 aliphatic carbocycles. The molecule has 1 unspecified atom stereocenters. The minimum absolute atomic E-state index is 0.152. The van der Waals surface area contributed by atoms with Crippen LogP contribution in [0.4, 0.5) is 17.6 Å². The van der Waals surface area contributed by atoms with E-state index in [2.05, 4.69) is 0 Å². The van der Waals surface area contributed by atoms with Crippen molar-refractivity contribution >= 4 is 6.29 Å². The normalized spacial score (nSPS) is 13.7. The third-order valence-electron chi connectivity index (χ3n) is 2.03. The fraction of sp³-hybridized carbons (Fsp3) is 0.300. The first-order chi connectivity index (χ1) is 6.86. The smallest absolute Gasteiger partial charge is 0.303 e. The summed E-state index contributed by atoms with van der Waals surface area (Å²) in [6.07, 6.45) is -4.23. The third kappa shape index (κ3) is 2.55. The summed E-state index contributed by atoms with van der Waals surface area (Å²) in [5.74, 6) is -2.00. The molecule has 15 heavy (non-hydrogen) atoms. The van der Waals surface area contributed by atoms with Crippen LogP contribution in [0.15, 0.2) is 18.2 Å². The maximum atomic E-state index is 12.8. The van der Waals surface area contributed by atoms with Crippen LogP contribution in [0, 0.1) is 5.82 Å². The first kappa shape index (κ1) is 11.7. The van der Waals surface area contributed by atoms with E-state index in [0.717, 1.165) is 6.07 Å². The average molecular weight is 220 g/mol. The summed E-state index contributed by atoms with van der Waals surface area (Å²) in [5, 5.41) is 0. The Morgan fingerprint density at radius 2 is 1.93 bits per heavy atom. The van der Waals surface area contributed by atoms with Crippen LogP contribution < -0.4 is 0 Å². The van der Waals surface area contributed by atoms with Gasteiger partial charge in [0, 0.05) is 5.92 Å². The van der Waals surface area contributed by atoms with E-state index in [4.69, 9.17) is 0 Å². The second-order valence-electron chi connectivity index (χ2n) is 3.16. The molecule has 1 atom stereocenters. The van der Waals surface area contributed by atoms with Gasteiger partial charge in [0.2, 0.25) is 0 Å². The van der Waals surface area contributed by atoms with E-state index in [9.17, 15) is 22.4 Å². The zero-order valence-electron chi connectivity index (χ0n) is 7.81. The molecule has 0 heterocycles. The Morgan fingerprint density at radius 3 is 2.40 bits per heavy atom. The van der Waals surface area contributed by atoms with Crippen LogP contribution in [0.3, 0.4) is 0 Å². The van der Waals surface area contributed by atoms with Gasteiger partial charge in [-0.3, -0.25) is 0 Å². The van der Waals surface area contributed by atoms with Crippen molar-refractivity contribution in [3.63, 3.8) is 0 Å². The molecule has 0 bridgehead atoms. The molecule has 82 valence electrons. The van der Waals surface area contributed by atoms with Gasteiger partial charge in [0.25, 0.3) is 0 Å². The quantitative estimate of drug-likeness (QED) is 0.552. The van der Waals surface area contributed by atoms with Gasteiger partial charge < -0.3 is 4.79 Å². The monoisotopic (exact) mass is 220 g/mol. The predicted octanol–water partition coefficient (Wildman–Crippen LogP) is 3.15. The largest absolute Gasteiger partial charge is 0.419 e. The van der Waals surface area contributed by atoms with Crippen molar-refractivity contribution in [1.29, 1.82) is 0 Å². The summed E-state index contributed by atoms with van der Waals surface area (Å²) in [7, 11) is 0. The van der Waals surface area contributed by atoms with Crippen molar-refractivity contribution in [2.45, 2.75) is 19.0 Å². The molecule has 1 aromatic rings. The van der Waals surface area contributed by atoms with E-state index in [-0.39, 0.29) is 5.56 Å². The lowest BCUT2D eigenvalue weighted by atomic mass is 10.00. The van der Waals surface area contributed by atoms with Crippen LogP contribution in [0.5, 0.6) is 0 Å². The van der Waals surface area contributed by atoms with Crippen molar-refractivity contribution in [3.05, 3.63) is 35.1 Å². The molecule has 0 N–H and O–H groups in total. The number of rotatable bonds is 2. The summed E-state index contributed by atoms with van der Waals surface area (Å²) in [4.78, 5) is 10.4. The standard InChI is InChI=1S/C10H8F4O/c1-6(5-15)7-2-3-9(11)8(4-7)10(12,13)14/h2-6H,1H3. The molecule has 0 radical (unpaired) electrons. The van der Waals surface area contributed by atoms with E-state index in [0.29, 0.717) is 12.4 Å². The Bertz CT molecular complexity index is 370. The maximum Gasteiger partial charge on any atom is 0.419 e. The highest BCUT2D eigenvalue weighted by Gasteiger charge is 2.34. The lowest BCUT2D eigenvalue weighted by Gasteiger charge is -2.11. The number of carbonyl (C=O) groups is 1. The molecular formula is C10H8F4O. The van der Waals surface area contributed by atoms with Crippen molar-refractivity contribution in [3.8, 4) is 0 Å². The number of hydrogen-bond acceptors (Lipinski definition) is 1. The van der Waals surface area contributed by atoms with Crippen molar-refractivity contribution in [2.24, 2.45) is 0 Å². The maximum absolute atomic E-state index is 12.8. The highest BCUT2D eigenvalue weighted by molar-refractivity contribution is 5.61. The number of hydrogen-bond donors (Lipinski definition) is 0. The highest BCUT2D eigenvalue weighted by atomic mass is 19.4. The third-order valence-corrected chi connectivity index (χ3v) is 2.03. The minimum atomic E-state index is -4.73. The molecule has 5 heteroatoms. The van der Waals surface area contributed by atoms with Crippen LogP contribution in [-0.2, 0) is 11.0 Å². The van der Waals surface area contributed by atoms with Crippen LogP contribution in [0.2, 0.25) is 0 Å². The molecule has 0 spiro atoms. The molecule has 0 aromatic heterocycles. The van der Waals surface area contributed by atoms with Gasteiger partial charge in [0.15, 0.2) is 0 Å². The van der Waals surface area contributed by atoms with Crippen molar-refractivity contribution in [1.82, 2.24) is 0 Å².